The predicted octanol–water partition coefficient (Wildman–Crippen LogP) is 1.43. The van der Waals surface area contributed by atoms with Crippen molar-refractivity contribution in [3.05, 3.63) is 44.6 Å². The monoisotopic (exact) mass is 267 g/mol. The second-order valence-electron chi connectivity index (χ2n) is 3.43. The number of halogens is 1. The molecule has 1 aromatic rings. The van der Waals surface area contributed by atoms with Crippen LogP contribution in [-0.4, -0.2) is 16.9 Å². The second-order valence-corrected chi connectivity index (χ2v) is 3.84. The number of nitro groups is 1. The molecule has 1 aliphatic heterocycles. The lowest BCUT2D eigenvalue weighted by atomic mass is 10.1. The predicted molar refractivity (Wildman–Crippen MR) is 62.8 cm³/mol. The Hall–Kier alpha value is -2.41. The van der Waals surface area contributed by atoms with E-state index < -0.39 is 16.9 Å². The van der Waals surface area contributed by atoms with Crippen LogP contribution in [0.3, 0.4) is 0 Å². The maximum Gasteiger partial charge on any atom is 0.326 e. The van der Waals surface area contributed by atoms with E-state index in [2.05, 4.69) is 5.32 Å². The average Bonchev–Trinajstić information content (AvgIpc) is 2.60. The highest BCUT2D eigenvalue weighted by Crippen LogP contribution is 2.24. The van der Waals surface area contributed by atoms with Gasteiger partial charge >= 0.3 is 6.03 Å². The Morgan fingerprint density at radius 3 is 2.56 bits per heavy atom. The molecular formula is C10H6ClN3O4. The standard InChI is InChI=1S/C10H6ClN3O4/c11-7-2-1-6(14(17)18)3-5(7)4-8-9(15)13-10(16)12-8/h1-4H,(H2,12,13,15,16). The minimum absolute atomic E-state index is 0.0117. The summed E-state index contributed by atoms with van der Waals surface area (Å²) in [5.41, 5.74) is 0.108. The Labute approximate surface area is 106 Å². The first-order valence-corrected chi connectivity index (χ1v) is 5.13. The van der Waals surface area contributed by atoms with Crippen molar-refractivity contribution >= 4 is 35.3 Å². The number of carbonyl (C=O) groups is 2. The van der Waals surface area contributed by atoms with Crippen molar-refractivity contribution in [1.82, 2.24) is 10.6 Å². The fourth-order valence-electron chi connectivity index (χ4n) is 1.39. The number of rotatable bonds is 2. The van der Waals surface area contributed by atoms with E-state index in [-0.39, 0.29) is 22.0 Å². The van der Waals surface area contributed by atoms with E-state index in [1.807, 2.05) is 5.32 Å². The number of imide groups is 1. The zero-order valence-electron chi connectivity index (χ0n) is 8.77. The molecule has 92 valence electrons. The quantitative estimate of drug-likeness (QED) is 0.366. The number of amides is 3. The van der Waals surface area contributed by atoms with Gasteiger partial charge in [-0.15, -0.1) is 0 Å². The molecule has 0 radical (unpaired) electrons. The molecule has 2 rings (SSSR count). The number of non-ortho nitro benzene ring substituents is 1. The van der Waals surface area contributed by atoms with Gasteiger partial charge in [-0.1, -0.05) is 11.6 Å². The van der Waals surface area contributed by atoms with Gasteiger partial charge in [0.25, 0.3) is 11.6 Å². The first-order chi connectivity index (χ1) is 8.47. The van der Waals surface area contributed by atoms with Crippen LogP contribution < -0.4 is 10.6 Å². The SMILES string of the molecule is O=C1NC(=O)C(=Cc2cc([N+](=O)[O-])ccc2Cl)N1. The summed E-state index contributed by atoms with van der Waals surface area (Å²) in [6.07, 6.45) is 1.27. The summed E-state index contributed by atoms with van der Waals surface area (Å²) in [6, 6.07) is 3.17. The van der Waals surface area contributed by atoms with E-state index in [1.54, 1.807) is 0 Å². The molecule has 1 aliphatic rings. The minimum atomic E-state index is -0.646. The molecule has 3 amide bonds. The number of urea groups is 1. The third kappa shape index (κ3) is 2.30. The second kappa shape index (κ2) is 4.46. The summed E-state index contributed by atoms with van der Waals surface area (Å²) < 4.78 is 0. The first kappa shape index (κ1) is 12.1. The third-order valence-corrected chi connectivity index (χ3v) is 2.55. The highest BCUT2D eigenvalue weighted by molar-refractivity contribution is 6.32. The topological polar surface area (TPSA) is 101 Å². The lowest BCUT2D eigenvalue weighted by molar-refractivity contribution is -0.384. The molecular weight excluding hydrogens is 262 g/mol. The molecule has 1 heterocycles. The highest BCUT2D eigenvalue weighted by Gasteiger charge is 2.23. The number of benzene rings is 1. The van der Waals surface area contributed by atoms with Crippen molar-refractivity contribution in [2.45, 2.75) is 0 Å². The number of nitro benzene ring substituents is 1. The van der Waals surface area contributed by atoms with Gasteiger partial charge in [0, 0.05) is 22.7 Å². The van der Waals surface area contributed by atoms with Crippen molar-refractivity contribution in [3.8, 4) is 0 Å². The fourth-order valence-corrected chi connectivity index (χ4v) is 1.57. The molecule has 0 aromatic heterocycles. The third-order valence-electron chi connectivity index (χ3n) is 2.21. The van der Waals surface area contributed by atoms with Crippen molar-refractivity contribution in [2.24, 2.45) is 0 Å². The zero-order chi connectivity index (χ0) is 13.3. The van der Waals surface area contributed by atoms with E-state index in [9.17, 15) is 19.7 Å². The Balaban J connectivity index is 2.42. The van der Waals surface area contributed by atoms with Crippen LogP contribution in [0.25, 0.3) is 6.08 Å². The van der Waals surface area contributed by atoms with Gasteiger partial charge in [0.2, 0.25) is 0 Å². The molecule has 18 heavy (non-hydrogen) atoms. The lowest BCUT2D eigenvalue weighted by Gasteiger charge is -1.99. The summed E-state index contributed by atoms with van der Waals surface area (Å²) in [5, 5.41) is 15.1. The molecule has 0 unspecified atom stereocenters. The van der Waals surface area contributed by atoms with Gasteiger partial charge in [-0.25, -0.2) is 4.79 Å². The van der Waals surface area contributed by atoms with E-state index in [0.717, 1.165) is 0 Å². The Morgan fingerprint density at radius 2 is 2.00 bits per heavy atom. The molecule has 0 spiro atoms. The Kier molecular flexibility index (Phi) is 2.99. The summed E-state index contributed by atoms with van der Waals surface area (Å²) in [4.78, 5) is 32.2. The van der Waals surface area contributed by atoms with Crippen LogP contribution in [0.15, 0.2) is 23.9 Å². The van der Waals surface area contributed by atoms with Gasteiger partial charge < -0.3 is 5.32 Å². The summed E-state index contributed by atoms with van der Waals surface area (Å²) >= 11 is 5.85. The van der Waals surface area contributed by atoms with Crippen LogP contribution in [-0.2, 0) is 4.79 Å². The largest absolute Gasteiger partial charge is 0.326 e. The molecule has 1 aromatic carbocycles. The summed E-state index contributed by atoms with van der Waals surface area (Å²) in [6.45, 7) is 0. The van der Waals surface area contributed by atoms with Crippen LogP contribution in [0.5, 0.6) is 0 Å². The van der Waals surface area contributed by atoms with Crippen molar-refractivity contribution in [3.63, 3.8) is 0 Å². The number of nitrogens with one attached hydrogen (secondary N) is 2. The van der Waals surface area contributed by atoms with Crippen molar-refractivity contribution < 1.29 is 14.5 Å². The van der Waals surface area contributed by atoms with Crippen LogP contribution in [0.1, 0.15) is 5.56 Å². The van der Waals surface area contributed by atoms with Gasteiger partial charge in [-0.3, -0.25) is 20.2 Å². The van der Waals surface area contributed by atoms with Crippen LogP contribution in [0.4, 0.5) is 10.5 Å². The molecule has 2 N–H and O–H groups in total. The maximum atomic E-state index is 11.3. The summed E-state index contributed by atoms with van der Waals surface area (Å²) in [5.74, 6) is -0.609. The maximum absolute atomic E-state index is 11.3. The molecule has 1 fully saturated rings. The van der Waals surface area contributed by atoms with E-state index in [4.69, 9.17) is 11.6 Å². The Bertz CT molecular complexity index is 597. The zero-order valence-corrected chi connectivity index (χ0v) is 9.52. The van der Waals surface area contributed by atoms with Crippen LogP contribution >= 0.6 is 11.6 Å². The highest BCUT2D eigenvalue weighted by atomic mass is 35.5. The van der Waals surface area contributed by atoms with Gasteiger partial charge in [-0.2, -0.15) is 0 Å². The Morgan fingerprint density at radius 1 is 1.28 bits per heavy atom. The van der Waals surface area contributed by atoms with Gasteiger partial charge in [0.15, 0.2) is 0 Å². The molecule has 0 saturated carbocycles. The smallest absolute Gasteiger partial charge is 0.303 e. The molecule has 0 bridgehead atoms. The molecule has 7 nitrogen and oxygen atoms in total. The van der Waals surface area contributed by atoms with E-state index in [0.29, 0.717) is 0 Å². The summed E-state index contributed by atoms with van der Waals surface area (Å²) in [7, 11) is 0. The molecule has 8 heteroatoms. The number of hydrogen-bond acceptors (Lipinski definition) is 4. The first-order valence-electron chi connectivity index (χ1n) is 4.75. The van der Waals surface area contributed by atoms with E-state index >= 15 is 0 Å². The van der Waals surface area contributed by atoms with Gasteiger partial charge in [-0.05, 0) is 12.1 Å². The lowest BCUT2D eigenvalue weighted by Crippen LogP contribution is -2.22. The number of nitrogens with zero attached hydrogens (tertiary/aromatic N) is 1. The molecule has 1 saturated heterocycles. The number of hydrogen-bond donors (Lipinski definition) is 2. The van der Waals surface area contributed by atoms with Crippen molar-refractivity contribution in [2.75, 3.05) is 0 Å². The average molecular weight is 268 g/mol. The molecule has 0 aliphatic carbocycles. The van der Waals surface area contributed by atoms with E-state index in [1.165, 1.54) is 24.3 Å². The minimum Gasteiger partial charge on any atom is -0.303 e. The fraction of sp³-hybridized carbons (Fsp3) is 0. The van der Waals surface area contributed by atoms with Crippen LogP contribution in [0.2, 0.25) is 5.02 Å². The molecule has 0 atom stereocenters. The number of carbonyl (C=O) groups excluding carboxylic acids is 2. The normalized spacial score (nSPS) is 16.6. The van der Waals surface area contributed by atoms with Gasteiger partial charge in [0.05, 0.1) is 4.92 Å². The van der Waals surface area contributed by atoms with Gasteiger partial charge in [0.1, 0.15) is 5.70 Å². The van der Waals surface area contributed by atoms with Crippen LogP contribution in [0, 0.1) is 10.1 Å². The van der Waals surface area contributed by atoms with Crippen molar-refractivity contribution in [1.29, 1.82) is 0 Å².